The molecule has 2 aromatic heterocycles. The predicted octanol–water partition coefficient (Wildman–Crippen LogP) is 5.91. The first-order valence-electron chi connectivity index (χ1n) is 12.6. The van der Waals surface area contributed by atoms with Gasteiger partial charge in [-0.05, 0) is 62.6 Å². The highest BCUT2D eigenvalue weighted by molar-refractivity contribution is 7.99. The van der Waals surface area contributed by atoms with Gasteiger partial charge in [0.1, 0.15) is 4.83 Å². The van der Waals surface area contributed by atoms with Gasteiger partial charge in [0.15, 0.2) is 5.16 Å². The first-order valence-corrected chi connectivity index (χ1v) is 14.4. The normalized spacial score (nSPS) is 16.9. The Balaban J connectivity index is 1.54. The van der Waals surface area contributed by atoms with Crippen molar-refractivity contribution in [2.45, 2.75) is 82.3 Å². The van der Waals surface area contributed by atoms with Crippen LogP contribution >= 0.6 is 23.1 Å². The van der Waals surface area contributed by atoms with Crippen LogP contribution in [0.3, 0.4) is 0 Å². The lowest BCUT2D eigenvalue weighted by Gasteiger charge is -2.31. The van der Waals surface area contributed by atoms with E-state index in [2.05, 4.69) is 0 Å². The van der Waals surface area contributed by atoms with Crippen LogP contribution < -0.4 is 5.56 Å². The highest BCUT2D eigenvalue weighted by Gasteiger charge is 2.25. The molecule has 3 aromatic rings. The van der Waals surface area contributed by atoms with Gasteiger partial charge in [-0.25, -0.2) is 4.98 Å². The van der Waals surface area contributed by atoms with Crippen LogP contribution in [0.15, 0.2) is 34.2 Å². The van der Waals surface area contributed by atoms with Crippen molar-refractivity contribution in [1.29, 1.82) is 0 Å². The molecule has 2 aliphatic rings. The molecule has 0 spiro atoms. The van der Waals surface area contributed by atoms with E-state index in [1.165, 1.54) is 54.3 Å². The third-order valence-electron chi connectivity index (χ3n) is 7.41. The minimum Gasteiger partial charge on any atom is -0.342 e. The number of hydrogen-bond acceptors (Lipinski definition) is 5. The maximum Gasteiger partial charge on any atom is 0.267 e. The maximum absolute atomic E-state index is 14.0. The largest absolute Gasteiger partial charge is 0.342 e. The Bertz CT molecular complexity index is 1260. The fraction of sp³-hybridized carbons (Fsp3) is 0.519. The Morgan fingerprint density at radius 1 is 1.12 bits per heavy atom. The number of benzene rings is 1. The van der Waals surface area contributed by atoms with Crippen molar-refractivity contribution in [3.8, 4) is 5.69 Å². The van der Waals surface area contributed by atoms with Gasteiger partial charge in [0.2, 0.25) is 5.91 Å². The summed E-state index contributed by atoms with van der Waals surface area (Å²) in [6, 6.07) is 8.29. The average Bonchev–Trinajstić information content (AvgIpc) is 3.04. The molecule has 1 aromatic carbocycles. The molecule has 0 N–H and O–H groups in total. The number of nitrogens with zero attached hydrogens (tertiary/aromatic N) is 3. The molecule has 1 saturated carbocycles. The molecule has 0 aliphatic heterocycles. The first-order chi connectivity index (χ1) is 16.5. The number of fused-ring (bicyclic) bond motifs is 3. The number of hydrogen-bond donors (Lipinski definition) is 0. The lowest BCUT2D eigenvalue weighted by Crippen LogP contribution is -2.39. The highest BCUT2D eigenvalue weighted by atomic mass is 32.2. The summed E-state index contributed by atoms with van der Waals surface area (Å²) in [6.45, 7) is 2.02. The van der Waals surface area contributed by atoms with Gasteiger partial charge in [-0.2, -0.15) is 0 Å². The lowest BCUT2D eigenvalue weighted by molar-refractivity contribution is -0.129. The van der Waals surface area contributed by atoms with E-state index in [4.69, 9.17) is 4.98 Å². The van der Waals surface area contributed by atoms with E-state index in [1.54, 1.807) is 15.9 Å². The molecule has 180 valence electrons. The van der Waals surface area contributed by atoms with E-state index in [0.29, 0.717) is 17.0 Å². The second-order valence-corrected chi connectivity index (χ2v) is 11.7. The topological polar surface area (TPSA) is 55.2 Å². The van der Waals surface area contributed by atoms with Crippen LogP contribution in [0.5, 0.6) is 0 Å². The van der Waals surface area contributed by atoms with E-state index in [9.17, 15) is 9.59 Å². The van der Waals surface area contributed by atoms with E-state index in [0.717, 1.165) is 53.6 Å². The Morgan fingerprint density at radius 3 is 2.65 bits per heavy atom. The molecule has 0 radical (unpaired) electrons. The molecule has 2 aliphatic carbocycles. The van der Waals surface area contributed by atoms with E-state index in [1.807, 2.05) is 43.1 Å². The molecular weight excluding hydrogens is 462 g/mol. The van der Waals surface area contributed by atoms with Gasteiger partial charge in [0.25, 0.3) is 5.56 Å². The molecule has 5 rings (SSSR count). The number of carbonyl (C=O) groups excluding carboxylic acids is 1. The van der Waals surface area contributed by atoms with Gasteiger partial charge in [0.05, 0.1) is 16.8 Å². The van der Waals surface area contributed by atoms with Crippen LogP contribution in [0, 0.1) is 6.92 Å². The summed E-state index contributed by atoms with van der Waals surface area (Å²) in [4.78, 5) is 36.1. The van der Waals surface area contributed by atoms with E-state index >= 15 is 0 Å². The third kappa shape index (κ3) is 4.57. The summed E-state index contributed by atoms with van der Waals surface area (Å²) in [7, 11) is 1.93. The van der Waals surface area contributed by atoms with Crippen molar-refractivity contribution in [3.05, 3.63) is 50.6 Å². The average molecular weight is 496 g/mol. The van der Waals surface area contributed by atoms with Crippen molar-refractivity contribution >= 4 is 39.2 Å². The SMILES string of the molecule is Cc1ccccc1-n1c(SCC(=O)N(C)C2CCCCC2)nc2sc3c(c2c1=O)CCCCC3. The van der Waals surface area contributed by atoms with Gasteiger partial charge in [0, 0.05) is 18.0 Å². The molecule has 0 atom stereocenters. The van der Waals surface area contributed by atoms with Crippen LogP contribution in [0.1, 0.15) is 67.4 Å². The number of rotatable bonds is 5. The van der Waals surface area contributed by atoms with E-state index in [-0.39, 0.29) is 11.5 Å². The molecule has 1 amide bonds. The van der Waals surface area contributed by atoms with Crippen LogP contribution in [-0.2, 0) is 17.6 Å². The summed E-state index contributed by atoms with van der Waals surface area (Å²) >= 11 is 3.08. The standard InChI is InChI=1S/C27H33N3O2S2/c1-18-11-9-10-15-21(18)30-26(32)24-20-14-7-4-8-16-22(20)34-25(24)28-27(30)33-17-23(31)29(2)19-12-5-3-6-13-19/h9-11,15,19H,3-8,12-14,16-17H2,1-2H3. The lowest BCUT2D eigenvalue weighted by atomic mass is 9.94. The fourth-order valence-corrected chi connectivity index (χ4v) is 7.62. The van der Waals surface area contributed by atoms with Crippen LogP contribution in [0.4, 0.5) is 0 Å². The maximum atomic E-state index is 14.0. The molecular formula is C27H33N3O2S2. The van der Waals surface area contributed by atoms with Gasteiger partial charge in [-0.3, -0.25) is 14.2 Å². The number of aromatic nitrogens is 2. The van der Waals surface area contributed by atoms with Crippen molar-refractivity contribution < 1.29 is 4.79 Å². The second-order valence-electron chi connectivity index (χ2n) is 9.65. The van der Waals surface area contributed by atoms with Gasteiger partial charge in [-0.1, -0.05) is 55.6 Å². The van der Waals surface area contributed by atoms with Crippen molar-refractivity contribution in [3.63, 3.8) is 0 Å². The molecule has 1 fully saturated rings. The highest BCUT2D eigenvalue weighted by Crippen LogP contribution is 2.35. The van der Waals surface area contributed by atoms with Gasteiger partial charge < -0.3 is 4.90 Å². The summed E-state index contributed by atoms with van der Waals surface area (Å²) in [5, 5.41) is 1.41. The zero-order valence-corrected chi connectivity index (χ0v) is 21.8. The number of para-hydroxylation sites is 1. The molecule has 7 heteroatoms. The molecule has 0 bridgehead atoms. The Morgan fingerprint density at radius 2 is 1.85 bits per heavy atom. The molecule has 0 saturated heterocycles. The molecule has 2 heterocycles. The third-order valence-corrected chi connectivity index (χ3v) is 9.51. The van der Waals surface area contributed by atoms with Crippen molar-refractivity contribution in [2.24, 2.45) is 0 Å². The zero-order chi connectivity index (χ0) is 23.7. The number of amides is 1. The van der Waals surface area contributed by atoms with Crippen LogP contribution in [-0.4, -0.2) is 39.2 Å². The molecule has 5 nitrogen and oxygen atoms in total. The van der Waals surface area contributed by atoms with Crippen molar-refractivity contribution in [1.82, 2.24) is 14.5 Å². The molecule has 34 heavy (non-hydrogen) atoms. The Kier molecular flexibility index (Phi) is 7.11. The first kappa shape index (κ1) is 23.6. The molecule has 0 unspecified atom stereocenters. The zero-order valence-electron chi connectivity index (χ0n) is 20.1. The Labute approximate surface area is 209 Å². The fourth-order valence-electron chi connectivity index (χ4n) is 5.39. The number of aryl methyl sites for hydroxylation is 3. The monoisotopic (exact) mass is 495 g/mol. The summed E-state index contributed by atoms with van der Waals surface area (Å²) < 4.78 is 1.76. The summed E-state index contributed by atoms with van der Waals surface area (Å²) in [5.41, 5.74) is 3.10. The van der Waals surface area contributed by atoms with E-state index < -0.39 is 0 Å². The minimum absolute atomic E-state index is 0.00860. The van der Waals surface area contributed by atoms with Gasteiger partial charge >= 0.3 is 0 Å². The summed E-state index contributed by atoms with van der Waals surface area (Å²) in [5.74, 6) is 0.409. The number of thiophene rings is 1. The van der Waals surface area contributed by atoms with Crippen LogP contribution in [0.25, 0.3) is 15.9 Å². The number of carbonyl (C=O) groups is 1. The Hall–Kier alpha value is -2.12. The predicted molar refractivity (Wildman–Crippen MR) is 142 cm³/mol. The summed E-state index contributed by atoms with van der Waals surface area (Å²) in [6.07, 6.45) is 11.4. The van der Waals surface area contributed by atoms with Crippen LogP contribution in [0.2, 0.25) is 0 Å². The quantitative estimate of drug-likeness (QED) is 0.251. The minimum atomic E-state index is 0.00860. The smallest absolute Gasteiger partial charge is 0.267 e. The van der Waals surface area contributed by atoms with Crippen molar-refractivity contribution in [2.75, 3.05) is 12.8 Å². The van der Waals surface area contributed by atoms with Gasteiger partial charge in [-0.15, -0.1) is 11.3 Å². The second kappa shape index (κ2) is 10.2. The number of thioether (sulfide) groups is 1.